The van der Waals surface area contributed by atoms with E-state index in [0.29, 0.717) is 6.42 Å². The van der Waals surface area contributed by atoms with Crippen LogP contribution < -0.4 is 5.32 Å². The van der Waals surface area contributed by atoms with Gasteiger partial charge in [-0.2, -0.15) is 8.42 Å². The maximum Gasteiger partial charge on any atom is 0.397 e. The fourth-order valence-electron chi connectivity index (χ4n) is 11.0. The van der Waals surface area contributed by atoms with Gasteiger partial charge in [0.1, 0.15) is 24.4 Å². The number of rotatable bonds is 60. The molecule has 472 valence electrons. The van der Waals surface area contributed by atoms with Crippen molar-refractivity contribution in [3.05, 3.63) is 36.5 Å². The van der Waals surface area contributed by atoms with Gasteiger partial charge in [0.15, 0.2) is 6.29 Å². The highest BCUT2D eigenvalue weighted by Crippen LogP contribution is 2.26. The van der Waals surface area contributed by atoms with Gasteiger partial charge in [-0.15, -0.1) is 0 Å². The highest BCUT2D eigenvalue weighted by atomic mass is 32.3. The SMILES string of the molecule is CCCCCCCCCCCCCC/C=C/C(O)C(COC1OC(CO)C(O)C(OS(=O)(=O)O)C1O)NC(=O)CCCCCCCCCCCCCCCCCCC/C=C\C/C=C\CCCCCCCCCCCCCCCCC. The van der Waals surface area contributed by atoms with Crippen molar-refractivity contribution in [3.63, 3.8) is 0 Å². The van der Waals surface area contributed by atoms with Gasteiger partial charge in [0, 0.05) is 6.42 Å². The fraction of sp³-hybridized carbons (Fsp3) is 0.896. The van der Waals surface area contributed by atoms with E-state index in [-0.39, 0.29) is 18.9 Å². The largest absolute Gasteiger partial charge is 0.397 e. The monoisotopic (exact) mass is 1150 g/mol. The Morgan fingerprint density at radius 2 is 0.838 bits per heavy atom. The van der Waals surface area contributed by atoms with Crippen LogP contribution in [-0.4, -0.2) is 95.4 Å². The Labute approximate surface area is 492 Å². The minimum absolute atomic E-state index is 0.259. The molecule has 0 bridgehead atoms. The first-order valence-electron chi connectivity index (χ1n) is 33.9. The van der Waals surface area contributed by atoms with E-state index in [9.17, 15) is 38.2 Å². The van der Waals surface area contributed by atoms with E-state index in [2.05, 4.69) is 47.7 Å². The highest BCUT2D eigenvalue weighted by molar-refractivity contribution is 7.80. The maximum atomic E-state index is 13.1. The zero-order valence-electron chi connectivity index (χ0n) is 51.7. The molecule has 0 aromatic carbocycles. The molecule has 0 radical (unpaired) electrons. The standard InChI is InChI=1S/C67H127NO11S/c1-3-5-7-9-11-13-15-17-19-20-21-22-23-24-25-26-27-28-29-30-31-32-33-34-35-36-37-38-39-40-41-42-43-45-47-49-51-53-55-57-63(71)68-60(59-77-67-65(73)66(79-80(74,75)76)64(72)62(58-69)78-67)61(70)56-54-52-50-48-46-44-18-16-14-12-10-8-6-4-2/h27-28,30-31,54,56,60-62,64-67,69-70,72-73H,3-26,29,32-53,55,57-59H2,1-2H3,(H,68,71)(H,74,75,76)/b28-27-,31-30-,56-54+. The molecular weight excluding hydrogens is 1030 g/mol. The zero-order chi connectivity index (χ0) is 58.3. The molecule has 1 aliphatic heterocycles. The van der Waals surface area contributed by atoms with Crippen molar-refractivity contribution >= 4 is 16.3 Å². The zero-order valence-corrected chi connectivity index (χ0v) is 52.5. The topological polar surface area (TPSA) is 192 Å². The number of nitrogens with one attached hydrogen (secondary N) is 1. The molecule has 1 amide bonds. The second-order valence-electron chi connectivity index (χ2n) is 23.8. The number of hydrogen-bond acceptors (Lipinski definition) is 10. The first kappa shape index (κ1) is 76.3. The summed E-state index contributed by atoms with van der Waals surface area (Å²) in [4.78, 5) is 13.1. The van der Waals surface area contributed by atoms with Crippen LogP contribution in [0.15, 0.2) is 36.5 Å². The van der Waals surface area contributed by atoms with Crippen LogP contribution in [0.4, 0.5) is 0 Å². The van der Waals surface area contributed by atoms with Crippen LogP contribution in [0.2, 0.25) is 0 Å². The Kier molecular flexibility index (Phi) is 53.9. The van der Waals surface area contributed by atoms with Gasteiger partial charge in [-0.25, -0.2) is 4.18 Å². The molecule has 0 aromatic rings. The molecule has 7 unspecified atom stereocenters. The van der Waals surface area contributed by atoms with Crippen molar-refractivity contribution in [2.45, 2.75) is 371 Å². The minimum Gasteiger partial charge on any atom is -0.394 e. The Bertz CT molecular complexity index is 1540. The summed E-state index contributed by atoms with van der Waals surface area (Å²) in [6.45, 7) is 3.43. The number of amides is 1. The minimum atomic E-state index is -5.09. The smallest absolute Gasteiger partial charge is 0.394 e. The third-order valence-electron chi connectivity index (χ3n) is 16.2. The molecule has 1 fully saturated rings. The second kappa shape index (κ2) is 56.5. The lowest BCUT2D eigenvalue weighted by atomic mass is 9.99. The van der Waals surface area contributed by atoms with Crippen LogP contribution in [0.3, 0.4) is 0 Å². The molecule has 1 heterocycles. The average molecular weight is 1150 g/mol. The molecule has 0 aromatic heterocycles. The number of allylic oxidation sites excluding steroid dienone is 5. The van der Waals surface area contributed by atoms with Gasteiger partial charge in [0.05, 0.1) is 25.4 Å². The van der Waals surface area contributed by atoms with Crippen LogP contribution in [0.5, 0.6) is 0 Å². The number of aliphatic hydroxyl groups is 4. The maximum absolute atomic E-state index is 13.1. The number of hydrogen-bond donors (Lipinski definition) is 6. The van der Waals surface area contributed by atoms with E-state index in [0.717, 1.165) is 44.9 Å². The third kappa shape index (κ3) is 47.7. The molecule has 12 nitrogen and oxygen atoms in total. The Balaban J connectivity index is 2.15. The summed E-state index contributed by atoms with van der Waals surface area (Å²) < 4.78 is 47.9. The number of aliphatic hydroxyl groups excluding tert-OH is 4. The second-order valence-corrected chi connectivity index (χ2v) is 24.8. The summed E-state index contributed by atoms with van der Waals surface area (Å²) in [5, 5.41) is 45.0. The molecule has 80 heavy (non-hydrogen) atoms. The molecule has 7 atom stereocenters. The van der Waals surface area contributed by atoms with Gasteiger partial charge in [0.25, 0.3) is 0 Å². The van der Waals surface area contributed by atoms with Crippen molar-refractivity contribution < 1.29 is 51.8 Å². The van der Waals surface area contributed by atoms with Crippen molar-refractivity contribution in [2.75, 3.05) is 13.2 Å². The van der Waals surface area contributed by atoms with Crippen LogP contribution in [0, 0.1) is 0 Å². The third-order valence-corrected chi connectivity index (χ3v) is 16.6. The molecule has 1 saturated heterocycles. The predicted octanol–water partition coefficient (Wildman–Crippen LogP) is 17.3. The number of carbonyl (C=O) groups is 1. The van der Waals surface area contributed by atoms with E-state index >= 15 is 0 Å². The summed E-state index contributed by atoms with van der Waals surface area (Å²) in [5.41, 5.74) is 0. The van der Waals surface area contributed by atoms with Gasteiger partial charge in [-0.1, -0.05) is 307 Å². The molecule has 13 heteroatoms. The summed E-state index contributed by atoms with van der Waals surface area (Å²) >= 11 is 0. The van der Waals surface area contributed by atoms with E-state index in [4.69, 9.17) is 9.47 Å². The van der Waals surface area contributed by atoms with E-state index in [1.165, 1.54) is 257 Å². The van der Waals surface area contributed by atoms with Gasteiger partial charge in [-0.3, -0.25) is 9.35 Å². The van der Waals surface area contributed by atoms with Gasteiger partial charge < -0.3 is 35.2 Å². The highest BCUT2D eigenvalue weighted by Gasteiger charge is 2.48. The van der Waals surface area contributed by atoms with E-state index in [1.807, 2.05) is 6.08 Å². The molecule has 1 aliphatic rings. The Hall–Kier alpha value is -1.68. The number of ether oxygens (including phenoxy) is 2. The number of carbonyl (C=O) groups excluding carboxylic acids is 1. The van der Waals surface area contributed by atoms with Crippen LogP contribution >= 0.6 is 0 Å². The molecule has 1 rings (SSSR count). The van der Waals surface area contributed by atoms with Crippen molar-refractivity contribution in [3.8, 4) is 0 Å². The van der Waals surface area contributed by atoms with Crippen molar-refractivity contribution in [2.24, 2.45) is 0 Å². The summed E-state index contributed by atoms with van der Waals surface area (Å²) in [5.74, 6) is -0.259. The molecule has 0 aliphatic carbocycles. The van der Waals surface area contributed by atoms with Crippen molar-refractivity contribution in [1.82, 2.24) is 5.32 Å². The lowest BCUT2D eigenvalue weighted by molar-refractivity contribution is -0.298. The van der Waals surface area contributed by atoms with Gasteiger partial charge in [-0.05, 0) is 51.4 Å². The van der Waals surface area contributed by atoms with Crippen LogP contribution in [0.25, 0.3) is 0 Å². The van der Waals surface area contributed by atoms with Gasteiger partial charge >= 0.3 is 10.4 Å². The molecule has 0 spiro atoms. The lowest BCUT2D eigenvalue weighted by Gasteiger charge is -2.41. The normalized spacial score (nSPS) is 18.8. The number of unbranched alkanes of at least 4 members (excludes halogenated alkanes) is 44. The first-order valence-corrected chi connectivity index (χ1v) is 35.2. The Morgan fingerprint density at radius 1 is 0.500 bits per heavy atom. The average Bonchev–Trinajstić information content (AvgIpc) is 3.47. The lowest BCUT2D eigenvalue weighted by Crippen LogP contribution is -2.61. The quantitative estimate of drug-likeness (QED) is 0.0193. The van der Waals surface area contributed by atoms with E-state index < -0.39 is 59.9 Å². The molecule has 6 N–H and O–H groups in total. The molecule has 0 saturated carbocycles. The summed E-state index contributed by atoms with van der Waals surface area (Å²) in [7, 11) is -5.09. The fourth-order valence-corrected chi connectivity index (χ4v) is 11.5. The first-order chi connectivity index (χ1) is 39.0. The summed E-state index contributed by atoms with van der Waals surface area (Å²) in [6, 6.07) is -0.943. The van der Waals surface area contributed by atoms with Gasteiger partial charge in [0.2, 0.25) is 5.91 Å². The van der Waals surface area contributed by atoms with E-state index in [1.54, 1.807) is 6.08 Å². The van der Waals surface area contributed by atoms with Crippen LogP contribution in [-0.2, 0) is 28.9 Å². The molecular formula is C67H127NO11S. The predicted molar refractivity (Wildman–Crippen MR) is 333 cm³/mol. The Morgan fingerprint density at radius 3 is 1.19 bits per heavy atom. The summed E-state index contributed by atoms with van der Waals surface area (Å²) in [6.07, 6.45) is 65.3. The van der Waals surface area contributed by atoms with Crippen LogP contribution in [0.1, 0.15) is 328 Å². The van der Waals surface area contributed by atoms with Crippen molar-refractivity contribution in [1.29, 1.82) is 0 Å².